The van der Waals surface area contributed by atoms with E-state index in [0.717, 1.165) is 44.4 Å². The molecule has 2 atom stereocenters. The predicted octanol–water partition coefficient (Wildman–Crippen LogP) is 18.3. The molecule has 0 amide bonds. The number of hydrogen-bond donors (Lipinski definition) is 0. The highest BCUT2D eigenvalue weighted by Crippen LogP contribution is 2.62. The molecule has 1 heterocycles. The molecule has 0 aliphatic heterocycles. The van der Waals surface area contributed by atoms with Crippen LogP contribution in [-0.2, 0) is 5.41 Å². The second kappa shape index (κ2) is 17.1. The van der Waals surface area contributed by atoms with Crippen LogP contribution in [-0.4, -0.2) is 0 Å². The van der Waals surface area contributed by atoms with Gasteiger partial charge in [0.2, 0.25) is 0 Å². The lowest BCUT2D eigenvalue weighted by molar-refractivity contribution is 0.262. The van der Waals surface area contributed by atoms with Crippen molar-refractivity contribution in [3.05, 3.63) is 271 Å². The molecule has 69 heavy (non-hydrogen) atoms. The summed E-state index contributed by atoms with van der Waals surface area (Å²) in [5.74, 6) is 1.01. The lowest BCUT2D eigenvalue weighted by atomic mass is 9.61. The summed E-state index contributed by atoms with van der Waals surface area (Å²) in [5, 5.41) is 2.29. The zero-order valence-electron chi connectivity index (χ0n) is 38.5. The van der Waals surface area contributed by atoms with Crippen LogP contribution in [0, 0.1) is 5.92 Å². The van der Waals surface area contributed by atoms with Gasteiger partial charge in [-0.05, 0) is 134 Å². The van der Waals surface area contributed by atoms with E-state index in [1.54, 1.807) is 0 Å². The Bertz CT molecular complexity index is 3550. The molecular formula is C67H51NO. The molecule has 0 bridgehead atoms. The predicted molar refractivity (Wildman–Crippen MR) is 288 cm³/mol. The number of rotatable bonds is 9. The maximum Gasteiger partial charge on any atom is 0.143 e. The van der Waals surface area contributed by atoms with Gasteiger partial charge in [0.15, 0.2) is 0 Å². The van der Waals surface area contributed by atoms with Crippen LogP contribution in [0.15, 0.2) is 253 Å². The first-order valence-electron chi connectivity index (χ1n) is 24.6. The van der Waals surface area contributed by atoms with Gasteiger partial charge in [-0.1, -0.05) is 213 Å². The quantitative estimate of drug-likeness (QED) is 0.144. The van der Waals surface area contributed by atoms with E-state index in [1.165, 1.54) is 87.0 Å². The van der Waals surface area contributed by atoms with E-state index in [4.69, 9.17) is 4.42 Å². The van der Waals surface area contributed by atoms with Crippen LogP contribution in [0.5, 0.6) is 0 Å². The molecule has 330 valence electrons. The fourth-order valence-corrected chi connectivity index (χ4v) is 12.3. The minimum absolute atomic E-state index is 0.248. The summed E-state index contributed by atoms with van der Waals surface area (Å²) in [6, 6.07) is 91.7. The molecular weight excluding hydrogens is 835 g/mol. The van der Waals surface area contributed by atoms with Crippen molar-refractivity contribution in [2.45, 2.75) is 37.0 Å². The maximum atomic E-state index is 6.42. The highest BCUT2D eigenvalue weighted by atomic mass is 16.3. The van der Waals surface area contributed by atoms with Crippen molar-refractivity contribution in [3.63, 3.8) is 0 Å². The molecule has 1 fully saturated rings. The molecule has 10 aromatic carbocycles. The average molecular weight is 886 g/mol. The van der Waals surface area contributed by atoms with Gasteiger partial charge in [-0.2, -0.15) is 0 Å². The van der Waals surface area contributed by atoms with E-state index < -0.39 is 0 Å². The Kier molecular flexibility index (Phi) is 10.2. The van der Waals surface area contributed by atoms with Crippen molar-refractivity contribution in [3.8, 4) is 44.5 Å². The molecule has 0 N–H and O–H groups in total. The second-order valence-corrected chi connectivity index (χ2v) is 19.0. The Hall–Kier alpha value is -8.20. The molecule has 2 unspecified atom stereocenters. The SMILES string of the molecule is c1ccc(-c2ccc(N(c3ccc(-c4ccc(-c5cccc(-c6cccc7c6oc6ccccc67)c5)cc4)cc3)c3ccc4c(c3)C(c3ccccc3)(c3ccccc3)C3CCCCC43)cc2)cc1. The number of benzene rings is 10. The number of hydrogen-bond acceptors (Lipinski definition) is 2. The molecule has 2 aliphatic carbocycles. The summed E-state index contributed by atoms with van der Waals surface area (Å²) in [7, 11) is 0. The van der Waals surface area contributed by atoms with Gasteiger partial charge in [0, 0.05) is 38.8 Å². The fraction of sp³-hybridized carbons (Fsp3) is 0.104. The molecule has 1 aromatic heterocycles. The first-order chi connectivity index (χ1) is 34.2. The smallest absolute Gasteiger partial charge is 0.143 e. The molecule has 2 nitrogen and oxygen atoms in total. The van der Waals surface area contributed by atoms with E-state index in [9.17, 15) is 0 Å². The summed E-state index contributed by atoms with van der Waals surface area (Å²) in [6.45, 7) is 0. The third-order valence-corrected chi connectivity index (χ3v) is 15.4. The van der Waals surface area contributed by atoms with Crippen molar-refractivity contribution in [2.24, 2.45) is 5.92 Å². The van der Waals surface area contributed by atoms with Crippen LogP contribution < -0.4 is 4.90 Å². The zero-order chi connectivity index (χ0) is 45.7. The van der Waals surface area contributed by atoms with Crippen molar-refractivity contribution < 1.29 is 4.42 Å². The Morgan fingerprint density at radius 1 is 0.377 bits per heavy atom. The summed E-state index contributed by atoms with van der Waals surface area (Å²) in [6.07, 6.45) is 5.01. The Morgan fingerprint density at radius 3 is 1.54 bits per heavy atom. The molecule has 2 aliphatic rings. The van der Waals surface area contributed by atoms with Crippen LogP contribution in [0.3, 0.4) is 0 Å². The fourth-order valence-electron chi connectivity index (χ4n) is 12.3. The van der Waals surface area contributed by atoms with Crippen molar-refractivity contribution >= 4 is 39.0 Å². The molecule has 11 aromatic rings. The summed E-state index contributed by atoms with van der Waals surface area (Å²) < 4.78 is 6.42. The molecule has 0 saturated heterocycles. The number of anilines is 3. The lowest BCUT2D eigenvalue weighted by Crippen LogP contribution is -2.37. The summed E-state index contributed by atoms with van der Waals surface area (Å²) in [4.78, 5) is 2.46. The van der Waals surface area contributed by atoms with E-state index in [0.29, 0.717) is 11.8 Å². The number of fused-ring (bicyclic) bond motifs is 6. The van der Waals surface area contributed by atoms with Gasteiger partial charge >= 0.3 is 0 Å². The normalized spacial score (nSPS) is 16.0. The highest BCUT2D eigenvalue weighted by Gasteiger charge is 2.54. The van der Waals surface area contributed by atoms with Gasteiger partial charge in [0.1, 0.15) is 11.2 Å². The second-order valence-electron chi connectivity index (χ2n) is 19.0. The van der Waals surface area contributed by atoms with E-state index >= 15 is 0 Å². The third kappa shape index (κ3) is 7.01. The van der Waals surface area contributed by atoms with Gasteiger partial charge < -0.3 is 9.32 Å². The van der Waals surface area contributed by atoms with E-state index in [2.05, 4.69) is 241 Å². The van der Waals surface area contributed by atoms with Gasteiger partial charge in [-0.3, -0.25) is 0 Å². The molecule has 13 rings (SSSR count). The van der Waals surface area contributed by atoms with Gasteiger partial charge in [-0.15, -0.1) is 0 Å². The van der Waals surface area contributed by atoms with Gasteiger partial charge in [0.25, 0.3) is 0 Å². The molecule has 1 saturated carbocycles. The van der Waals surface area contributed by atoms with Gasteiger partial charge in [0.05, 0.1) is 0 Å². The maximum absolute atomic E-state index is 6.42. The third-order valence-electron chi connectivity index (χ3n) is 15.4. The van der Waals surface area contributed by atoms with Crippen molar-refractivity contribution in [1.29, 1.82) is 0 Å². The Balaban J connectivity index is 0.873. The van der Waals surface area contributed by atoms with Crippen LogP contribution in [0.4, 0.5) is 17.1 Å². The number of para-hydroxylation sites is 2. The highest BCUT2D eigenvalue weighted by molar-refractivity contribution is 6.09. The minimum Gasteiger partial charge on any atom is -0.455 e. The topological polar surface area (TPSA) is 16.4 Å². The summed E-state index contributed by atoms with van der Waals surface area (Å²) >= 11 is 0. The van der Waals surface area contributed by atoms with Crippen LogP contribution in [0.2, 0.25) is 0 Å². The lowest BCUT2D eigenvalue weighted by Gasteiger charge is -2.42. The average Bonchev–Trinajstić information content (AvgIpc) is 3.96. The summed E-state index contributed by atoms with van der Waals surface area (Å²) in [5.41, 5.74) is 20.2. The Morgan fingerprint density at radius 2 is 0.870 bits per heavy atom. The standard InChI is InChI=1S/C67H51NO/c1-4-16-46(17-5-1)48-34-38-55(39-35-48)68(57-42-43-60-59-24-10-12-28-63(59)67(64(60)45-57,53-20-6-2-7-21-53)54-22-8-3-9-23-54)56-40-36-49(37-41-56)47-30-32-50(33-31-47)51-18-14-19-52(44-51)58-26-15-27-62-61-25-11-13-29-65(61)69-66(58)62/h1-9,11,13-23,25-27,29-45,59,63H,10,12,24,28H2. The molecule has 2 heteroatoms. The Labute approximate surface area is 404 Å². The zero-order valence-corrected chi connectivity index (χ0v) is 38.5. The van der Waals surface area contributed by atoms with Crippen molar-refractivity contribution in [2.75, 3.05) is 4.90 Å². The van der Waals surface area contributed by atoms with Crippen LogP contribution in [0.25, 0.3) is 66.4 Å². The monoisotopic (exact) mass is 885 g/mol. The largest absolute Gasteiger partial charge is 0.455 e. The van der Waals surface area contributed by atoms with Gasteiger partial charge in [-0.25, -0.2) is 0 Å². The van der Waals surface area contributed by atoms with E-state index in [1.807, 2.05) is 12.1 Å². The number of nitrogens with zero attached hydrogens (tertiary/aromatic N) is 1. The first kappa shape index (κ1) is 41.0. The molecule has 0 radical (unpaired) electrons. The van der Waals surface area contributed by atoms with Crippen LogP contribution in [0.1, 0.15) is 53.9 Å². The first-order valence-corrected chi connectivity index (χ1v) is 24.6. The molecule has 0 spiro atoms. The minimum atomic E-state index is -0.248. The van der Waals surface area contributed by atoms with E-state index in [-0.39, 0.29) is 5.41 Å². The van der Waals surface area contributed by atoms with Crippen LogP contribution >= 0.6 is 0 Å². The van der Waals surface area contributed by atoms with Crippen molar-refractivity contribution in [1.82, 2.24) is 0 Å². The number of furan rings is 1.